The number of benzene rings is 2. The summed E-state index contributed by atoms with van der Waals surface area (Å²) in [5.74, 6) is 3.67. The first-order valence-corrected chi connectivity index (χ1v) is 21.9. The molecule has 9 nitrogen and oxygen atoms in total. The fraction of sp³-hybridized carbons (Fsp3) is 0.745. The van der Waals surface area contributed by atoms with Crippen LogP contribution in [0.1, 0.15) is 120 Å². The van der Waals surface area contributed by atoms with Crippen molar-refractivity contribution in [3.05, 3.63) is 46.5 Å². The van der Waals surface area contributed by atoms with Crippen molar-refractivity contribution in [2.45, 2.75) is 129 Å². The predicted octanol–water partition coefficient (Wildman–Crippen LogP) is 9.07. The topological polar surface area (TPSA) is 82.1 Å². The Morgan fingerprint density at radius 3 is 1.66 bits per heavy atom. The molecule has 1 unspecified atom stereocenters. The molecule has 1 N–H and O–H groups in total. The molecule has 7 atom stereocenters. The van der Waals surface area contributed by atoms with Crippen molar-refractivity contribution >= 4 is 0 Å². The van der Waals surface area contributed by atoms with Crippen molar-refractivity contribution in [3.63, 3.8) is 0 Å². The van der Waals surface area contributed by atoms with Gasteiger partial charge in [0.25, 0.3) is 0 Å². The minimum Gasteiger partial charge on any atom is -0.493 e. The zero-order valence-electron chi connectivity index (χ0n) is 36.6. The van der Waals surface area contributed by atoms with Crippen molar-refractivity contribution in [3.8, 4) is 23.0 Å². The van der Waals surface area contributed by atoms with E-state index in [9.17, 15) is 13.9 Å². The highest BCUT2D eigenvalue weighted by atomic mass is 19.1. The number of hydrogen-bond donors (Lipinski definition) is 1. The Labute approximate surface area is 347 Å². The molecule has 0 bridgehead atoms. The number of piperidine rings is 2. The lowest BCUT2D eigenvalue weighted by Gasteiger charge is -2.49. The van der Waals surface area contributed by atoms with E-state index in [1.807, 2.05) is 0 Å². The molecule has 0 aromatic heterocycles. The molecular formula is C47H72F2N2O7. The molecule has 7 rings (SSSR count). The Bertz CT molecular complexity index is 1630. The first kappa shape index (κ1) is 44.8. The third-order valence-corrected chi connectivity index (χ3v) is 13.8. The van der Waals surface area contributed by atoms with E-state index in [-0.39, 0.29) is 54.6 Å². The van der Waals surface area contributed by atoms with Crippen molar-refractivity contribution in [1.29, 1.82) is 0 Å². The molecule has 0 aliphatic carbocycles. The predicted molar refractivity (Wildman–Crippen MR) is 224 cm³/mol. The highest BCUT2D eigenvalue weighted by Gasteiger charge is 2.43. The SMILES string of the molecule is COc1cc2c(cc1OC)[C@H]1C[C@@H](O)[C@H](CC(C)(C)CC[19F])CN1CC2.COc1cc2c(cc1OC)[C@H]1C[C@@H](OC3CCCCO3)[C@H](CC(C)(C)CC[19F])CN1CC2. The second-order valence-corrected chi connectivity index (χ2v) is 19.0. The van der Waals surface area contributed by atoms with Crippen LogP contribution < -0.4 is 18.9 Å². The van der Waals surface area contributed by atoms with Crippen molar-refractivity contribution < 1.29 is 42.3 Å². The summed E-state index contributed by atoms with van der Waals surface area (Å²) in [6.45, 7) is 12.7. The first-order valence-electron chi connectivity index (χ1n) is 21.9. The van der Waals surface area contributed by atoms with Crippen LogP contribution in [0.15, 0.2) is 24.3 Å². The van der Waals surface area contributed by atoms with Crippen LogP contribution in [0.3, 0.4) is 0 Å². The fourth-order valence-electron chi connectivity index (χ4n) is 10.5. The van der Waals surface area contributed by atoms with Crippen LogP contribution >= 0.6 is 0 Å². The summed E-state index contributed by atoms with van der Waals surface area (Å²) < 4.78 is 60.7. The van der Waals surface area contributed by atoms with E-state index in [1.54, 1.807) is 28.4 Å². The fourth-order valence-corrected chi connectivity index (χ4v) is 10.5. The zero-order valence-corrected chi connectivity index (χ0v) is 36.6. The van der Waals surface area contributed by atoms with E-state index < -0.39 is 0 Å². The summed E-state index contributed by atoms with van der Waals surface area (Å²) in [5, 5.41) is 10.8. The lowest BCUT2D eigenvalue weighted by atomic mass is 9.73. The minimum atomic E-state index is -0.353. The second kappa shape index (κ2) is 19.8. The Balaban J connectivity index is 0.000000200. The number of methoxy groups -OCH3 is 4. The number of ether oxygens (including phenoxy) is 6. The lowest BCUT2D eigenvalue weighted by Crippen LogP contribution is -2.50. The first-order chi connectivity index (χ1) is 27.8. The van der Waals surface area contributed by atoms with Gasteiger partial charge < -0.3 is 33.5 Å². The van der Waals surface area contributed by atoms with Gasteiger partial charge >= 0.3 is 0 Å². The zero-order chi connectivity index (χ0) is 41.6. The number of nitrogens with zero attached hydrogens (tertiary/aromatic N) is 2. The van der Waals surface area contributed by atoms with Crippen LogP contribution in [-0.2, 0) is 22.3 Å². The summed E-state index contributed by atoms with van der Waals surface area (Å²) in [6, 6.07) is 8.97. The molecule has 326 valence electrons. The number of alkyl halides is 2. The molecular weight excluding hydrogens is 743 g/mol. The van der Waals surface area contributed by atoms with Gasteiger partial charge in [-0.25, -0.2) is 0 Å². The van der Waals surface area contributed by atoms with E-state index in [0.29, 0.717) is 24.8 Å². The van der Waals surface area contributed by atoms with Crippen molar-refractivity contribution in [2.75, 3.05) is 74.6 Å². The van der Waals surface area contributed by atoms with Gasteiger partial charge in [-0.3, -0.25) is 18.6 Å². The molecule has 3 fully saturated rings. The van der Waals surface area contributed by atoms with Crippen LogP contribution in [0.25, 0.3) is 0 Å². The summed E-state index contributed by atoms with van der Waals surface area (Å²) in [6.07, 6.45) is 9.49. The maximum absolute atomic E-state index is 13.2. The van der Waals surface area contributed by atoms with Gasteiger partial charge in [-0.05, 0) is 140 Å². The van der Waals surface area contributed by atoms with E-state index in [1.165, 1.54) is 22.3 Å². The monoisotopic (exact) mass is 815 g/mol. The summed E-state index contributed by atoms with van der Waals surface area (Å²) in [5.41, 5.74) is 5.09. The van der Waals surface area contributed by atoms with E-state index in [0.717, 1.165) is 114 Å². The standard InChI is InChI=1S/C26H40FNO4.C21H32FNO3/c1-26(2,9-10-27)16-19-17-28-11-8-18-13-23(29-3)24(30-4)14-20(18)21(28)15-22(19)32-25-7-5-6-12-31-25;1-21(2,6-7-22)12-15-13-23-8-5-14-9-19(25-3)20(26-4)10-16(14)17(23)11-18(15)24/h13-14,19,21-22,25H,5-12,15-17H2,1-4H3;9-10,15,17-18,24H,5-8,11-13H2,1-4H3/t19-,21-,22-,25?;15-,17-,18-/m11/s1/i27+0;22+0. The van der Waals surface area contributed by atoms with Crippen LogP contribution in [-0.4, -0.2) is 108 Å². The minimum absolute atomic E-state index is 0.0361. The van der Waals surface area contributed by atoms with Crippen LogP contribution in [0.4, 0.5) is 8.78 Å². The average molecular weight is 815 g/mol. The van der Waals surface area contributed by atoms with Crippen molar-refractivity contribution in [1.82, 2.24) is 9.80 Å². The molecule has 5 heterocycles. The molecule has 5 aliphatic heterocycles. The summed E-state index contributed by atoms with van der Waals surface area (Å²) in [7, 11) is 6.70. The highest BCUT2D eigenvalue weighted by Crippen LogP contribution is 2.47. The van der Waals surface area contributed by atoms with Crippen LogP contribution in [0.5, 0.6) is 23.0 Å². The molecule has 5 aliphatic rings. The number of hydrogen-bond acceptors (Lipinski definition) is 9. The second-order valence-electron chi connectivity index (χ2n) is 19.0. The van der Waals surface area contributed by atoms with E-state index >= 15 is 0 Å². The number of halogens is 2. The number of aliphatic hydroxyl groups is 1. The number of fused-ring (bicyclic) bond motifs is 6. The number of rotatable bonds is 14. The molecule has 0 amide bonds. The van der Waals surface area contributed by atoms with Crippen LogP contribution in [0.2, 0.25) is 0 Å². The summed E-state index contributed by atoms with van der Waals surface area (Å²) in [4.78, 5) is 5.09. The van der Waals surface area contributed by atoms with Gasteiger partial charge in [0.2, 0.25) is 0 Å². The van der Waals surface area contributed by atoms with Gasteiger partial charge in [0, 0.05) is 44.9 Å². The smallest absolute Gasteiger partial charge is 0.161 e. The Morgan fingerprint density at radius 1 is 0.690 bits per heavy atom. The molecule has 2 aromatic rings. The largest absolute Gasteiger partial charge is 0.493 e. The van der Waals surface area contributed by atoms with Crippen LogP contribution in [0, 0.1) is 22.7 Å². The maximum atomic E-state index is 13.2. The summed E-state index contributed by atoms with van der Waals surface area (Å²) >= 11 is 0. The normalized spacial score (nSPS) is 27.5. The van der Waals surface area contributed by atoms with Gasteiger partial charge in [0.05, 0.1) is 54.0 Å². The molecule has 0 saturated carbocycles. The molecule has 0 spiro atoms. The van der Waals surface area contributed by atoms with Crippen molar-refractivity contribution in [2.24, 2.45) is 22.7 Å². The van der Waals surface area contributed by atoms with E-state index in [4.69, 9.17) is 28.4 Å². The Kier molecular flexibility index (Phi) is 15.3. The van der Waals surface area contributed by atoms with Gasteiger partial charge in [0.1, 0.15) is 0 Å². The lowest BCUT2D eigenvalue weighted by molar-refractivity contribution is -0.214. The third-order valence-electron chi connectivity index (χ3n) is 13.8. The highest BCUT2D eigenvalue weighted by molar-refractivity contribution is 5.50. The molecule has 2 aromatic carbocycles. The molecule has 3 saturated heterocycles. The Hall–Kier alpha value is -2.70. The van der Waals surface area contributed by atoms with Gasteiger partial charge in [-0.2, -0.15) is 0 Å². The number of aliphatic hydroxyl groups excluding tert-OH is 1. The van der Waals surface area contributed by atoms with Gasteiger partial charge in [-0.1, -0.05) is 27.7 Å². The third kappa shape index (κ3) is 10.6. The quantitative estimate of drug-likeness (QED) is 0.201. The van der Waals surface area contributed by atoms with Gasteiger partial charge in [0.15, 0.2) is 29.3 Å². The van der Waals surface area contributed by atoms with Gasteiger partial charge in [-0.15, -0.1) is 0 Å². The molecule has 11 heteroatoms. The van der Waals surface area contributed by atoms with E-state index in [2.05, 4.69) is 61.8 Å². The molecule has 58 heavy (non-hydrogen) atoms. The Morgan fingerprint density at radius 2 is 1.17 bits per heavy atom. The average Bonchev–Trinajstić information content (AvgIpc) is 3.20. The molecule has 0 radical (unpaired) electrons. The maximum Gasteiger partial charge on any atom is 0.161 e.